The van der Waals surface area contributed by atoms with E-state index in [0.717, 1.165) is 55.2 Å². The summed E-state index contributed by atoms with van der Waals surface area (Å²) >= 11 is 0. The molecule has 35 heavy (non-hydrogen) atoms. The van der Waals surface area contributed by atoms with Gasteiger partial charge >= 0.3 is 0 Å². The van der Waals surface area contributed by atoms with Crippen LogP contribution in [-0.4, -0.2) is 71.9 Å². The predicted molar refractivity (Wildman–Crippen MR) is 127 cm³/mol. The van der Waals surface area contributed by atoms with E-state index in [-0.39, 0.29) is 18.7 Å². The molecule has 2 aromatic rings. The number of piperidine rings is 1. The number of rotatable bonds is 6. The average Bonchev–Trinajstić information content (AvgIpc) is 3.10. The third-order valence-corrected chi connectivity index (χ3v) is 6.91. The minimum absolute atomic E-state index is 0.0994. The lowest BCUT2D eigenvalue weighted by Crippen LogP contribution is -2.54. The molecule has 0 aliphatic carbocycles. The van der Waals surface area contributed by atoms with Gasteiger partial charge in [0.2, 0.25) is 11.8 Å². The summed E-state index contributed by atoms with van der Waals surface area (Å²) in [7, 11) is 0. The lowest BCUT2D eigenvalue weighted by Gasteiger charge is -2.36. The molecule has 3 heterocycles. The van der Waals surface area contributed by atoms with Crippen molar-refractivity contribution in [2.45, 2.75) is 31.8 Å². The van der Waals surface area contributed by atoms with E-state index in [1.54, 1.807) is 12.1 Å². The van der Waals surface area contributed by atoms with Crippen molar-refractivity contribution in [3.63, 3.8) is 0 Å². The van der Waals surface area contributed by atoms with Crippen molar-refractivity contribution < 1.29 is 24.0 Å². The highest BCUT2D eigenvalue weighted by atomic mass is 16.2. The first-order chi connectivity index (χ1) is 16.9. The Kier molecular flexibility index (Phi) is 6.17. The first kappa shape index (κ1) is 22.9. The molecule has 1 atom stereocenters. The summed E-state index contributed by atoms with van der Waals surface area (Å²) in [5, 5.41) is 2.22. The zero-order valence-electron chi connectivity index (χ0n) is 19.2. The Morgan fingerprint density at radius 2 is 1.54 bits per heavy atom. The maximum Gasteiger partial charge on any atom is 0.262 e. The lowest BCUT2D eigenvalue weighted by atomic mass is 10.0. The summed E-state index contributed by atoms with van der Waals surface area (Å²) in [5.74, 6) is -1.97. The highest BCUT2D eigenvalue weighted by Crippen LogP contribution is 2.31. The van der Waals surface area contributed by atoms with Crippen molar-refractivity contribution in [3.8, 4) is 0 Å². The zero-order chi connectivity index (χ0) is 24.5. The van der Waals surface area contributed by atoms with Crippen molar-refractivity contribution in [1.29, 1.82) is 0 Å². The second-order valence-corrected chi connectivity index (χ2v) is 9.13. The van der Waals surface area contributed by atoms with E-state index in [1.165, 1.54) is 5.56 Å². The predicted octanol–water partition coefficient (Wildman–Crippen LogP) is 1.15. The number of hydrogen-bond acceptors (Lipinski definition) is 7. The molecular formula is C26H26N4O5. The number of benzene rings is 2. The van der Waals surface area contributed by atoms with Crippen molar-refractivity contribution in [1.82, 2.24) is 15.1 Å². The fourth-order valence-electron chi connectivity index (χ4n) is 4.96. The number of piperazine rings is 1. The van der Waals surface area contributed by atoms with Crippen LogP contribution in [0.15, 0.2) is 42.5 Å². The minimum Gasteiger partial charge on any atom is -0.369 e. The molecule has 2 saturated heterocycles. The smallest absolute Gasteiger partial charge is 0.262 e. The van der Waals surface area contributed by atoms with E-state index in [1.807, 2.05) is 18.2 Å². The van der Waals surface area contributed by atoms with Crippen LogP contribution in [0.1, 0.15) is 44.7 Å². The lowest BCUT2D eigenvalue weighted by molar-refractivity contribution is -0.136. The first-order valence-electron chi connectivity index (χ1n) is 11.8. The number of amides is 4. The zero-order valence-corrected chi connectivity index (χ0v) is 19.2. The molecule has 0 radical (unpaired) electrons. The Hall–Kier alpha value is -3.85. The quantitative estimate of drug-likeness (QED) is 0.494. The van der Waals surface area contributed by atoms with E-state index in [4.69, 9.17) is 0 Å². The van der Waals surface area contributed by atoms with Crippen LogP contribution < -0.4 is 10.2 Å². The normalized spacial score (nSPS) is 20.7. The number of nitrogens with zero attached hydrogens (tertiary/aromatic N) is 3. The third kappa shape index (κ3) is 4.46. The maximum absolute atomic E-state index is 13.1. The Bertz CT molecular complexity index is 1200. The maximum atomic E-state index is 13.1. The molecule has 0 aromatic heterocycles. The number of carbonyl (C=O) groups excluding carboxylic acids is 5. The highest BCUT2D eigenvalue weighted by molar-refractivity contribution is 6.23. The molecule has 3 aliphatic rings. The van der Waals surface area contributed by atoms with Gasteiger partial charge in [0.25, 0.3) is 11.8 Å². The number of imide groups is 2. The van der Waals surface area contributed by atoms with E-state index < -0.39 is 23.8 Å². The summed E-state index contributed by atoms with van der Waals surface area (Å²) in [5.41, 5.74) is 3.67. The molecule has 9 heteroatoms. The van der Waals surface area contributed by atoms with Gasteiger partial charge in [0, 0.05) is 51.3 Å². The fourth-order valence-corrected chi connectivity index (χ4v) is 4.96. The van der Waals surface area contributed by atoms with Crippen molar-refractivity contribution in [3.05, 3.63) is 64.7 Å². The topological polar surface area (TPSA) is 107 Å². The molecule has 0 saturated carbocycles. The Morgan fingerprint density at radius 1 is 0.857 bits per heavy atom. The van der Waals surface area contributed by atoms with Crippen LogP contribution in [-0.2, 0) is 27.3 Å². The summed E-state index contributed by atoms with van der Waals surface area (Å²) in [6, 6.07) is 12.4. The van der Waals surface area contributed by atoms with Crippen LogP contribution in [0.3, 0.4) is 0 Å². The van der Waals surface area contributed by atoms with Gasteiger partial charge in [-0.15, -0.1) is 0 Å². The average molecular weight is 475 g/mol. The summed E-state index contributed by atoms with van der Waals surface area (Å²) in [6.07, 6.45) is 1.58. The van der Waals surface area contributed by atoms with E-state index >= 15 is 0 Å². The molecule has 9 nitrogen and oxygen atoms in total. The Balaban J connectivity index is 1.23. The van der Waals surface area contributed by atoms with E-state index in [0.29, 0.717) is 17.5 Å². The first-order valence-corrected chi connectivity index (χ1v) is 11.8. The third-order valence-electron chi connectivity index (χ3n) is 6.91. The molecule has 2 fully saturated rings. The molecule has 0 bridgehead atoms. The van der Waals surface area contributed by atoms with Gasteiger partial charge in [-0.2, -0.15) is 0 Å². The van der Waals surface area contributed by atoms with E-state index in [9.17, 15) is 24.0 Å². The van der Waals surface area contributed by atoms with E-state index in [2.05, 4.69) is 27.2 Å². The van der Waals surface area contributed by atoms with Crippen LogP contribution in [0, 0.1) is 0 Å². The van der Waals surface area contributed by atoms with Crippen LogP contribution in [0.25, 0.3) is 0 Å². The Morgan fingerprint density at radius 3 is 2.23 bits per heavy atom. The van der Waals surface area contributed by atoms with Gasteiger partial charge in [0.1, 0.15) is 12.3 Å². The SMILES string of the molecule is O=CCc1ccc(CN2CCN(c3ccc4c(c3)C(=O)N(C3CCC(=O)NC3=O)C4=O)CC2)cc1. The summed E-state index contributed by atoms with van der Waals surface area (Å²) in [6.45, 7) is 4.08. The number of nitrogens with one attached hydrogen (secondary N) is 1. The van der Waals surface area contributed by atoms with Gasteiger partial charge < -0.3 is 9.69 Å². The van der Waals surface area contributed by atoms with Gasteiger partial charge in [-0.1, -0.05) is 24.3 Å². The van der Waals surface area contributed by atoms with Gasteiger partial charge in [-0.25, -0.2) is 0 Å². The van der Waals surface area contributed by atoms with Gasteiger partial charge in [0.05, 0.1) is 11.1 Å². The minimum atomic E-state index is -0.959. The van der Waals surface area contributed by atoms with Crippen LogP contribution in [0.5, 0.6) is 0 Å². The summed E-state index contributed by atoms with van der Waals surface area (Å²) < 4.78 is 0. The molecule has 2 aromatic carbocycles. The molecule has 1 N–H and O–H groups in total. The van der Waals surface area contributed by atoms with Crippen LogP contribution in [0.2, 0.25) is 0 Å². The van der Waals surface area contributed by atoms with Crippen molar-refractivity contribution >= 4 is 35.6 Å². The van der Waals surface area contributed by atoms with Gasteiger partial charge in [-0.3, -0.25) is 34.3 Å². The highest BCUT2D eigenvalue weighted by Gasteiger charge is 2.44. The summed E-state index contributed by atoms with van der Waals surface area (Å²) in [4.78, 5) is 65.9. The van der Waals surface area contributed by atoms with Gasteiger partial charge in [-0.05, 0) is 35.7 Å². The number of anilines is 1. The second-order valence-electron chi connectivity index (χ2n) is 9.13. The Labute approximate surface area is 202 Å². The molecule has 180 valence electrons. The molecule has 1 unspecified atom stereocenters. The number of fused-ring (bicyclic) bond motifs is 1. The standard InChI is InChI=1S/C26H26N4O5/c31-14-9-17-1-3-18(4-2-17)16-28-10-12-29(13-11-28)19-5-6-20-21(15-19)26(35)30(25(20)34)22-7-8-23(32)27-24(22)33/h1-6,14-15,22H,7-13,16H2,(H,27,32,33). The number of aldehydes is 1. The van der Waals surface area contributed by atoms with Gasteiger partial charge in [0.15, 0.2) is 0 Å². The second kappa shape index (κ2) is 9.42. The largest absolute Gasteiger partial charge is 0.369 e. The molecular weight excluding hydrogens is 448 g/mol. The molecule has 4 amide bonds. The molecule has 5 rings (SSSR count). The number of carbonyl (C=O) groups is 5. The van der Waals surface area contributed by atoms with Crippen molar-refractivity contribution in [2.75, 3.05) is 31.1 Å². The van der Waals surface area contributed by atoms with Crippen LogP contribution >= 0.6 is 0 Å². The number of hydrogen-bond donors (Lipinski definition) is 1. The fraction of sp³-hybridized carbons (Fsp3) is 0.346. The van der Waals surface area contributed by atoms with Crippen LogP contribution in [0.4, 0.5) is 5.69 Å². The molecule has 3 aliphatic heterocycles. The molecule has 0 spiro atoms. The van der Waals surface area contributed by atoms with Crippen molar-refractivity contribution in [2.24, 2.45) is 0 Å². The monoisotopic (exact) mass is 474 g/mol.